The molecule has 2 aromatic rings. The van der Waals surface area contributed by atoms with Gasteiger partial charge in [0, 0.05) is 18.6 Å². The Balaban J connectivity index is 2.14. The van der Waals surface area contributed by atoms with Crippen molar-refractivity contribution >= 4 is 0 Å². The van der Waals surface area contributed by atoms with Gasteiger partial charge in [-0.1, -0.05) is 6.07 Å². The van der Waals surface area contributed by atoms with Crippen molar-refractivity contribution in [3.8, 4) is 0 Å². The highest BCUT2D eigenvalue weighted by atomic mass is 15.1. The zero-order chi connectivity index (χ0) is 10.5. The minimum atomic E-state index is 0.776. The number of nitrogens with one attached hydrogen (secondary N) is 1. The van der Waals surface area contributed by atoms with Gasteiger partial charge in [0.2, 0.25) is 0 Å². The summed E-state index contributed by atoms with van der Waals surface area (Å²) in [4.78, 5) is 8.56. The Morgan fingerprint density at radius 1 is 1.27 bits per heavy atom. The highest BCUT2D eigenvalue weighted by Gasteiger charge is 2.02. The molecule has 0 fully saturated rings. The number of imidazole rings is 1. The van der Waals surface area contributed by atoms with Gasteiger partial charge < -0.3 is 9.88 Å². The predicted molar refractivity (Wildman–Crippen MR) is 58.3 cm³/mol. The van der Waals surface area contributed by atoms with Crippen LogP contribution in [0.1, 0.15) is 11.5 Å². The second-order valence-corrected chi connectivity index (χ2v) is 3.32. The van der Waals surface area contributed by atoms with Gasteiger partial charge in [-0.15, -0.1) is 0 Å². The van der Waals surface area contributed by atoms with Crippen LogP contribution in [0.2, 0.25) is 0 Å². The molecule has 0 spiro atoms. The van der Waals surface area contributed by atoms with Crippen LogP contribution in [0.5, 0.6) is 0 Å². The lowest BCUT2D eigenvalue weighted by atomic mass is 10.3. The standard InChI is InChI=1S/C11H14N4/c1-12-8-11-14-6-7-15(11)9-10-4-2-3-5-13-10/h2-7,12H,8-9H2,1H3. The Labute approximate surface area is 89.0 Å². The maximum absolute atomic E-state index is 4.29. The first-order valence-electron chi connectivity index (χ1n) is 4.94. The van der Waals surface area contributed by atoms with E-state index in [1.54, 1.807) is 0 Å². The molecule has 0 amide bonds. The van der Waals surface area contributed by atoms with Crippen molar-refractivity contribution in [3.63, 3.8) is 0 Å². The van der Waals surface area contributed by atoms with Crippen molar-refractivity contribution in [1.82, 2.24) is 19.9 Å². The summed E-state index contributed by atoms with van der Waals surface area (Å²) in [5, 5.41) is 3.09. The van der Waals surface area contributed by atoms with Gasteiger partial charge in [0.05, 0.1) is 18.8 Å². The summed E-state index contributed by atoms with van der Waals surface area (Å²) in [7, 11) is 1.92. The molecule has 0 aliphatic rings. The van der Waals surface area contributed by atoms with E-state index in [4.69, 9.17) is 0 Å². The minimum absolute atomic E-state index is 0.776. The van der Waals surface area contributed by atoms with Crippen molar-refractivity contribution < 1.29 is 0 Å². The summed E-state index contributed by atoms with van der Waals surface area (Å²) in [6.07, 6.45) is 5.60. The Kier molecular flexibility index (Phi) is 3.09. The molecule has 0 bridgehead atoms. The second kappa shape index (κ2) is 4.70. The first kappa shape index (κ1) is 9.86. The van der Waals surface area contributed by atoms with Crippen LogP contribution in [0.25, 0.3) is 0 Å². The van der Waals surface area contributed by atoms with Gasteiger partial charge in [-0.05, 0) is 19.2 Å². The fourth-order valence-corrected chi connectivity index (χ4v) is 1.48. The molecule has 78 valence electrons. The molecule has 0 unspecified atom stereocenters. The van der Waals surface area contributed by atoms with E-state index >= 15 is 0 Å². The fraction of sp³-hybridized carbons (Fsp3) is 0.273. The molecule has 0 aliphatic heterocycles. The zero-order valence-corrected chi connectivity index (χ0v) is 8.72. The molecule has 0 atom stereocenters. The quantitative estimate of drug-likeness (QED) is 0.805. The van der Waals surface area contributed by atoms with Gasteiger partial charge in [0.1, 0.15) is 5.82 Å². The Morgan fingerprint density at radius 3 is 2.93 bits per heavy atom. The van der Waals surface area contributed by atoms with E-state index in [0.717, 1.165) is 24.6 Å². The first-order valence-corrected chi connectivity index (χ1v) is 4.94. The Bertz CT molecular complexity index is 408. The summed E-state index contributed by atoms with van der Waals surface area (Å²) in [5.74, 6) is 1.03. The molecular formula is C11H14N4. The van der Waals surface area contributed by atoms with E-state index in [2.05, 4.69) is 19.9 Å². The highest BCUT2D eigenvalue weighted by molar-refractivity contribution is 5.06. The molecule has 0 aromatic carbocycles. The van der Waals surface area contributed by atoms with Gasteiger partial charge in [-0.3, -0.25) is 4.98 Å². The SMILES string of the molecule is CNCc1nccn1Cc1ccccn1. The molecule has 2 heterocycles. The van der Waals surface area contributed by atoms with Crippen molar-refractivity contribution in [1.29, 1.82) is 0 Å². The van der Waals surface area contributed by atoms with E-state index in [-0.39, 0.29) is 0 Å². The molecule has 15 heavy (non-hydrogen) atoms. The molecular weight excluding hydrogens is 188 g/mol. The summed E-state index contributed by atoms with van der Waals surface area (Å²) in [5.41, 5.74) is 1.05. The van der Waals surface area contributed by atoms with Crippen LogP contribution in [-0.2, 0) is 13.1 Å². The van der Waals surface area contributed by atoms with Crippen LogP contribution in [0.15, 0.2) is 36.8 Å². The average Bonchev–Trinajstić information content (AvgIpc) is 2.68. The van der Waals surface area contributed by atoms with Crippen molar-refractivity contribution in [2.75, 3.05) is 7.05 Å². The minimum Gasteiger partial charge on any atom is -0.328 e. The summed E-state index contributed by atoms with van der Waals surface area (Å²) < 4.78 is 2.10. The fourth-order valence-electron chi connectivity index (χ4n) is 1.48. The Hall–Kier alpha value is -1.68. The van der Waals surface area contributed by atoms with E-state index in [9.17, 15) is 0 Å². The number of hydrogen-bond donors (Lipinski definition) is 1. The number of pyridine rings is 1. The summed E-state index contributed by atoms with van der Waals surface area (Å²) >= 11 is 0. The molecule has 0 radical (unpaired) electrons. The van der Waals surface area contributed by atoms with Crippen LogP contribution in [0, 0.1) is 0 Å². The van der Waals surface area contributed by atoms with E-state index in [1.165, 1.54) is 0 Å². The lowest BCUT2D eigenvalue weighted by Crippen LogP contribution is -2.13. The topological polar surface area (TPSA) is 42.7 Å². The highest BCUT2D eigenvalue weighted by Crippen LogP contribution is 2.02. The van der Waals surface area contributed by atoms with Gasteiger partial charge in [-0.2, -0.15) is 0 Å². The molecule has 1 N–H and O–H groups in total. The average molecular weight is 202 g/mol. The van der Waals surface area contributed by atoms with Gasteiger partial charge in [0.25, 0.3) is 0 Å². The van der Waals surface area contributed by atoms with Crippen molar-refractivity contribution in [2.45, 2.75) is 13.1 Å². The molecule has 0 saturated heterocycles. The number of aromatic nitrogens is 3. The van der Waals surface area contributed by atoms with E-state index in [0.29, 0.717) is 0 Å². The van der Waals surface area contributed by atoms with E-state index in [1.807, 2.05) is 43.8 Å². The second-order valence-electron chi connectivity index (χ2n) is 3.32. The maximum atomic E-state index is 4.29. The molecule has 4 heteroatoms. The van der Waals surface area contributed by atoms with Crippen LogP contribution >= 0.6 is 0 Å². The molecule has 2 rings (SSSR count). The van der Waals surface area contributed by atoms with Crippen LogP contribution in [0.4, 0.5) is 0 Å². The van der Waals surface area contributed by atoms with Gasteiger partial charge in [-0.25, -0.2) is 4.98 Å². The first-order chi connectivity index (χ1) is 7.40. The van der Waals surface area contributed by atoms with Crippen molar-refractivity contribution in [2.24, 2.45) is 0 Å². The third kappa shape index (κ3) is 2.41. The number of hydrogen-bond acceptors (Lipinski definition) is 3. The van der Waals surface area contributed by atoms with Crippen LogP contribution in [-0.4, -0.2) is 21.6 Å². The van der Waals surface area contributed by atoms with Gasteiger partial charge in [0.15, 0.2) is 0 Å². The third-order valence-corrected chi connectivity index (χ3v) is 2.20. The maximum Gasteiger partial charge on any atom is 0.123 e. The normalized spacial score (nSPS) is 10.5. The Morgan fingerprint density at radius 2 is 2.20 bits per heavy atom. The molecule has 0 aliphatic carbocycles. The van der Waals surface area contributed by atoms with Crippen LogP contribution < -0.4 is 5.32 Å². The monoisotopic (exact) mass is 202 g/mol. The van der Waals surface area contributed by atoms with Gasteiger partial charge >= 0.3 is 0 Å². The predicted octanol–water partition coefficient (Wildman–Crippen LogP) is 1.05. The molecule has 2 aromatic heterocycles. The largest absolute Gasteiger partial charge is 0.328 e. The lowest BCUT2D eigenvalue weighted by Gasteiger charge is -2.06. The zero-order valence-electron chi connectivity index (χ0n) is 8.72. The number of rotatable bonds is 4. The smallest absolute Gasteiger partial charge is 0.123 e. The van der Waals surface area contributed by atoms with Crippen LogP contribution in [0.3, 0.4) is 0 Å². The summed E-state index contributed by atoms with van der Waals surface area (Å²) in [6.45, 7) is 1.55. The molecule has 4 nitrogen and oxygen atoms in total. The summed E-state index contributed by atoms with van der Waals surface area (Å²) in [6, 6.07) is 5.94. The third-order valence-electron chi connectivity index (χ3n) is 2.20. The van der Waals surface area contributed by atoms with Crippen molar-refractivity contribution in [3.05, 3.63) is 48.3 Å². The lowest BCUT2D eigenvalue weighted by molar-refractivity contribution is 0.665. The molecule has 0 saturated carbocycles. The number of nitrogens with zero attached hydrogens (tertiary/aromatic N) is 3. The van der Waals surface area contributed by atoms with E-state index < -0.39 is 0 Å².